The number of nitrogens with one attached hydrogen (secondary N) is 1. The van der Waals surface area contributed by atoms with Gasteiger partial charge in [0.05, 0.1) is 4.92 Å². The first kappa shape index (κ1) is 21.1. The van der Waals surface area contributed by atoms with E-state index in [0.29, 0.717) is 4.31 Å². The number of carbonyl (C=O) groups is 1. The van der Waals surface area contributed by atoms with Gasteiger partial charge in [-0.05, 0) is 37.8 Å². The fraction of sp³-hybridized carbons (Fsp3) is 0.533. The number of sulfonamides is 1. The highest BCUT2D eigenvalue weighted by Gasteiger charge is 2.50. The van der Waals surface area contributed by atoms with E-state index in [1.165, 1.54) is 19.1 Å². The Bertz CT molecular complexity index is 834. The third-order valence-electron chi connectivity index (χ3n) is 4.39. The molecule has 1 aliphatic heterocycles. The normalized spacial score (nSPS) is 16.9. The summed E-state index contributed by atoms with van der Waals surface area (Å²) >= 11 is 0. The van der Waals surface area contributed by atoms with Gasteiger partial charge in [-0.15, -0.1) is 0 Å². The van der Waals surface area contributed by atoms with Crippen LogP contribution < -0.4 is 5.32 Å². The van der Waals surface area contributed by atoms with Gasteiger partial charge in [0.1, 0.15) is 5.69 Å². The Balaban J connectivity index is 2.00. The third-order valence-corrected chi connectivity index (χ3v) is 6.02. The number of nitro benzene ring substituents is 1. The van der Waals surface area contributed by atoms with Crippen molar-refractivity contribution in [3.8, 4) is 0 Å². The van der Waals surface area contributed by atoms with Crippen molar-refractivity contribution in [3.05, 3.63) is 33.9 Å². The Labute approximate surface area is 153 Å². The van der Waals surface area contributed by atoms with E-state index < -0.39 is 20.5 Å². The van der Waals surface area contributed by atoms with Gasteiger partial charge in [0, 0.05) is 31.3 Å². The maximum absolute atomic E-state index is 12.6. The van der Waals surface area contributed by atoms with Crippen molar-refractivity contribution < 1.29 is 31.3 Å². The number of nitro groups is 1. The molecule has 0 aromatic heterocycles. The van der Waals surface area contributed by atoms with E-state index in [2.05, 4.69) is 5.32 Å². The quantitative estimate of drug-likeness (QED) is 0.440. The number of anilines is 1. The van der Waals surface area contributed by atoms with Gasteiger partial charge in [-0.3, -0.25) is 14.9 Å². The summed E-state index contributed by atoms with van der Waals surface area (Å²) < 4.78 is 60.9. The van der Waals surface area contributed by atoms with Gasteiger partial charge < -0.3 is 5.32 Å². The summed E-state index contributed by atoms with van der Waals surface area (Å²) in [5.74, 6) is -0.459. The maximum Gasteiger partial charge on any atom is 0.511 e. The van der Waals surface area contributed by atoms with E-state index in [4.69, 9.17) is 0 Å². The Morgan fingerprint density at radius 2 is 1.93 bits per heavy atom. The van der Waals surface area contributed by atoms with Gasteiger partial charge in [-0.25, -0.2) is 8.42 Å². The van der Waals surface area contributed by atoms with Crippen molar-refractivity contribution >= 4 is 27.2 Å². The summed E-state index contributed by atoms with van der Waals surface area (Å²) in [6, 6.07) is 4.00. The number of hydrogen-bond donors (Lipinski definition) is 1. The molecule has 0 atom stereocenters. The van der Waals surface area contributed by atoms with E-state index >= 15 is 0 Å². The first-order chi connectivity index (χ1) is 12.4. The zero-order valence-corrected chi connectivity index (χ0v) is 15.1. The largest absolute Gasteiger partial charge is 0.511 e. The van der Waals surface area contributed by atoms with E-state index in [-0.39, 0.29) is 61.1 Å². The topological polar surface area (TPSA) is 110 Å². The van der Waals surface area contributed by atoms with Crippen LogP contribution in [0.5, 0.6) is 0 Å². The summed E-state index contributed by atoms with van der Waals surface area (Å²) in [7, 11) is -5.33. The lowest BCUT2D eigenvalue weighted by Crippen LogP contribution is -2.45. The average molecular weight is 409 g/mol. The van der Waals surface area contributed by atoms with Gasteiger partial charge >= 0.3 is 15.5 Å². The molecule has 0 saturated carbocycles. The highest BCUT2D eigenvalue weighted by Crippen LogP contribution is 2.31. The monoisotopic (exact) mass is 409 g/mol. The predicted octanol–water partition coefficient (Wildman–Crippen LogP) is 2.77. The molecule has 1 N–H and O–H groups in total. The Hall–Kier alpha value is -2.21. The minimum atomic E-state index is -5.33. The zero-order valence-electron chi connectivity index (χ0n) is 14.3. The highest BCUT2D eigenvalue weighted by atomic mass is 32.2. The van der Waals surface area contributed by atoms with E-state index in [0.717, 1.165) is 6.07 Å². The minimum absolute atomic E-state index is 0.142. The van der Waals surface area contributed by atoms with Crippen LogP contribution in [0.15, 0.2) is 18.2 Å². The van der Waals surface area contributed by atoms with Crippen molar-refractivity contribution in [2.45, 2.75) is 25.3 Å². The van der Waals surface area contributed by atoms with E-state index in [1.54, 1.807) is 0 Å². The van der Waals surface area contributed by atoms with Crippen LogP contribution in [-0.4, -0.2) is 48.6 Å². The first-order valence-corrected chi connectivity index (χ1v) is 9.47. The number of nitrogens with zero attached hydrogens (tertiary/aromatic N) is 2. The third kappa shape index (κ3) is 4.75. The Morgan fingerprint density at radius 1 is 1.33 bits per heavy atom. The van der Waals surface area contributed by atoms with Gasteiger partial charge in [0.2, 0.25) is 0 Å². The summed E-state index contributed by atoms with van der Waals surface area (Å²) in [6.07, 6.45) is 0.392. The summed E-state index contributed by atoms with van der Waals surface area (Å²) in [5, 5.41) is 14.0. The van der Waals surface area contributed by atoms with Crippen LogP contribution in [0.1, 0.15) is 30.1 Å². The number of piperidine rings is 1. The van der Waals surface area contributed by atoms with Gasteiger partial charge in [0.25, 0.3) is 5.69 Å². The molecule has 1 aromatic rings. The number of alkyl halides is 3. The second kappa shape index (κ2) is 7.80. The molecule has 27 heavy (non-hydrogen) atoms. The highest BCUT2D eigenvalue weighted by molar-refractivity contribution is 7.90. The van der Waals surface area contributed by atoms with Crippen LogP contribution in [0.3, 0.4) is 0 Å². The molecule has 0 amide bonds. The molecule has 0 bridgehead atoms. The fourth-order valence-electron chi connectivity index (χ4n) is 2.81. The molecule has 0 radical (unpaired) electrons. The minimum Gasteiger partial charge on any atom is -0.379 e. The van der Waals surface area contributed by atoms with Crippen molar-refractivity contribution in [2.24, 2.45) is 5.92 Å². The molecule has 1 saturated heterocycles. The van der Waals surface area contributed by atoms with Gasteiger partial charge in [-0.1, -0.05) is 0 Å². The van der Waals surface area contributed by atoms with Crippen LogP contribution in [0.4, 0.5) is 24.5 Å². The molecule has 1 aliphatic rings. The van der Waals surface area contributed by atoms with Gasteiger partial charge in [-0.2, -0.15) is 17.5 Å². The Morgan fingerprint density at radius 3 is 2.41 bits per heavy atom. The maximum atomic E-state index is 12.6. The molecule has 0 spiro atoms. The molecule has 12 heteroatoms. The smallest absolute Gasteiger partial charge is 0.379 e. The predicted molar refractivity (Wildman–Crippen MR) is 90.9 cm³/mol. The van der Waals surface area contributed by atoms with Crippen molar-refractivity contribution in [2.75, 3.05) is 25.0 Å². The molecule has 0 unspecified atom stereocenters. The summed E-state index contributed by atoms with van der Waals surface area (Å²) in [4.78, 5) is 21.9. The van der Waals surface area contributed by atoms with E-state index in [9.17, 15) is 36.5 Å². The van der Waals surface area contributed by atoms with Crippen LogP contribution >= 0.6 is 0 Å². The average Bonchev–Trinajstić information content (AvgIpc) is 2.59. The number of halogens is 3. The molecule has 1 heterocycles. The van der Waals surface area contributed by atoms with Crippen molar-refractivity contribution in [1.82, 2.24) is 4.31 Å². The zero-order chi connectivity index (χ0) is 20.4. The molecule has 2 rings (SSSR count). The molecular weight excluding hydrogens is 391 g/mol. The van der Waals surface area contributed by atoms with Crippen LogP contribution in [0.25, 0.3) is 0 Å². The second-order valence-electron chi connectivity index (χ2n) is 6.22. The Kier molecular flexibility index (Phi) is 6.10. The lowest BCUT2D eigenvalue weighted by atomic mass is 9.98. The van der Waals surface area contributed by atoms with Crippen molar-refractivity contribution in [1.29, 1.82) is 0 Å². The number of Topliss-reactive ketones (excluding diaryl/α,β-unsaturated/α-hetero) is 1. The number of rotatable bonds is 6. The summed E-state index contributed by atoms with van der Waals surface area (Å²) in [5.41, 5.74) is -5.22. The van der Waals surface area contributed by atoms with Crippen LogP contribution in [-0.2, 0) is 10.0 Å². The van der Waals surface area contributed by atoms with Gasteiger partial charge in [0.15, 0.2) is 5.78 Å². The summed E-state index contributed by atoms with van der Waals surface area (Å²) in [6.45, 7) is 0.994. The van der Waals surface area contributed by atoms with Crippen LogP contribution in [0, 0.1) is 16.0 Å². The van der Waals surface area contributed by atoms with Crippen LogP contribution in [0.2, 0.25) is 0 Å². The van der Waals surface area contributed by atoms with E-state index in [1.807, 2.05) is 0 Å². The standard InChI is InChI=1S/C15H18F3N3O5S/c1-10(22)12-2-3-13(14(8-12)21(23)24)19-9-11-4-6-20(7-5-11)27(25,26)15(16,17)18/h2-3,8,11,19H,4-7,9H2,1H3. The molecule has 0 aliphatic carbocycles. The fourth-order valence-corrected chi connectivity index (χ4v) is 3.79. The molecule has 150 valence electrons. The number of ketones is 1. The number of benzene rings is 1. The molecular formula is C15H18F3N3O5S. The molecule has 1 fully saturated rings. The van der Waals surface area contributed by atoms with Crippen molar-refractivity contribution in [3.63, 3.8) is 0 Å². The lowest BCUT2D eigenvalue weighted by molar-refractivity contribution is -0.384. The molecule has 8 nitrogen and oxygen atoms in total. The number of carbonyl (C=O) groups excluding carboxylic acids is 1. The number of hydrogen-bond acceptors (Lipinski definition) is 6. The second-order valence-corrected chi connectivity index (χ2v) is 8.15. The lowest BCUT2D eigenvalue weighted by Gasteiger charge is -2.31. The molecule has 1 aromatic carbocycles. The first-order valence-electron chi connectivity index (χ1n) is 8.03. The SMILES string of the molecule is CC(=O)c1ccc(NCC2CCN(S(=O)(=O)C(F)(F)F)CC2)c([N+](=O)[O-])c1.